The molecular formula is C13H22N4O2. The van der Waals surface area contributed by atoms with Crippen LogP contribution in [0, 0.1) is 6.92 Å². The summed E-state index contributed by atoms with van der Waals surface area (Å²) < 4.78 is 4.90. The van der Waals surface area contributed by atoms with Gasteiger partial charge in [0.05, 0.1) is 0 Å². The van der Waals surface area contributed by atoms with Crippen molar-refractivity contribution in [2.75, 3.05) is 18.4 Å². The SMILES string of the molecule is Cc1cc(NC(=O)CCN2CCC(N)CC2C)no1. The fraction of sp³-hybridized carbons (Fsp3) is 0.692. The van der Waals surface area contributed by atoms with E-state index in [1.807, 2.05) is 0 Å². The summed E-state index contributed by atoms with van der Waals surface area (Å²) in [7, 11) is 0. The second-order valence-electron chi connectivity index (χ2n) is 5.29. The molecule has 2 rings (SSSR count). The number of carbonyl (C=O) groups excluding carboxylic acids is 1. The van der Waals surface area contributed by atoms with Gasteiger partial charge in [0.15, 0.2) is 5.82 Å². The first-order valence-electron chi connectivity index (χ1n) is 6.77. The zero-order valence-electron chi connectivity index (χ0n) is 11.6. The van der Waals surface area contributed by atoms with Crippen molar-refractivity contribution in [2.45, 2.75) is 45.2 Å². The first-order chi connectivity index (χ1) is 9.04. The maximum Gasteiger partial charge on any atom is 0.226 e. The van der Waals surface area contributed by atoms with Gasteiger partial charge in [-0.25, -0.2) is 0 Å². The Balaban J connectivity index is 1.74. The Morgan fingerprint density at radius 1 is 1.68 bits per heavy atom. The number of aryl methyl sites for hydroxylation is 1. The van der Waals surface area contributed by atoms with Crippen molar-refractivity contribution >= 4 is 11.7 Å². The molecule has 2 atom stereocenters. The highest BCUT2D eigenvalue weighted by Gasteiger charge is 2.23. The molecule has 1 saturated heterocycles. The zero-order valence-corrected chi connectivity index (χ0v) is 11.6. The number of rotatable bonds is 4. The largest absolute Gasteiger partial charge is 0.360 e. The normalized spacial score (nSPS) is 24.4. The van der Waals surface area contributed by atoms with Crippen LogP contribution in [0.1, 0.15) is 31.9 Å². The van der Waals surface area contributed by atoms with Gasteiger partial charge in [-0.1, -0.05) is 5.16 Å². The molecule has 3 N–H and O–H groups in total. The minimum Gasteiger partial charge on any atom is -0.360 e. The number of nitrogens with two attached hydrogens (primary N) is 1. The number of carbonyl (C=O) groups is 1. The molecule has 1 fully saturated rings. The number of nitrogens with one attached hydrogen (secondary N) is 1. The summed E-state index contributed by atoms with van der Waals surface area (Å²) in [5.41, 5.74) is 5.92. The number of likely N-dealkylation sites (tertiary alicyclic amines) is 1. The Morgan fingerprint density at radius 3 is 3.11 bits per heavy atom. The van der Waals surface area contributed by atoms with Gasteiger partial charge in [-0.2, -0.15) is 0 Å². The van der Waals surface area contributed by atoms with E-state index in [1.54, 1.807) is 13.0 Å². The summed E-state index contributed by atoms with van der Waals surface area (Å²) in [6.45, 7) is 5.69. The lowest BCUT2D eigenvalue weighted by molar-refractivity contribution is -0.116. The molecule has 0 saturated carbocycles. The Kier molecular flexibility index (Phi) is 4.55. The number of hydrogen-bond donors (Lipinski definition) is 2. The van der Waals surface area contributed by atoms with Crippen molar-refractivity contribution in [1.82, 2.24) is 10.1 Å². The van der Waals surface area contributed by atoms with Gasteiger partial charge in [-0.05, 0) is 33.2 Å². The lowest BCUT2D eigenvalue weighted by Crippen LogP contribution is -2.46. The van der Waals surface area contributed by atoms with E-state index in [4.69, 9.17) is 10.3 Å². The van der Waals surface area contributed by atoms with Gasteiger partial charge < -0.3 is 20.5 Å². The molecule has 6 heteroatoms. The van der Waals surface area contributed by atoms with E-state index >= 15 is 0 Å². The third-order valence-electron chi connectivity index (χ3n) is 3.58. The Morgan fingerprint density at radius 2 is 2.47 bits per heavy atom. The molecular weight excluding hydrogens is 244 g/mol. The van der Waals surface area contributed by atoms with Gasteiger partial charge in [-0.15, -0.1) is 0 Å². The van der Waals surface area contributed by atoms with Crippen LogP contribution in [0.4, 0.5) is 5.82 Å². The summed E-state index contributed by atoms with van der Waals surface area (Å²) >= 11 is 0. The molecule has 1 aromatic rings. The highest BCUT2D eigenvalue weighted by Crippen LogP contribution is 2.16. The predicted octanol–water partition coefficient (Wildman–Crippen LogP) is 1.12. The molecule has 19 heavy (non-hydrogen) atoms. The molecule has 106 valence electrons. The highest BCUT2D eigenvalue weighted by atomic mass is 16.5. The average molecular weight is 266 g/mol. The molecule has 0 radical (unpaired) electrons. The van der Waals surface area contributed by atoms with E-state index in [0.717, 1.165) is 25.9 Å². The van der Waals surface area contributed by atoms with Gasteiger partial charge in [-0.3, -0.25) is 4.79 Å². The molecule has 2 heterocycles. The van der Waals surface area contributed by atoms with Crippen LogP contribution >= 0.6 is 0 Å². The van der Waals surface area contributed by atoms with E-state index < -0.39 is 0 Å². The van der Waals surface area contributed by atoms with E-state index in [9.17, 15) is 4.79 Å². The fourth-order valence-electron chi connectivity index (χ4n) is 2.47. The van der Waals surface area contributed by atoms with Gasteiger partial charge in [0.25, 0.3) is 0 Å². The molecule has 1 amide bonds. The molecule has 0 bridgehead atoms. The highest BCUT2D eigenvalue weighted by molar-refractivity contribution is 5.89. The van der Waals surface area contributed by atoms with Crippen LogP contribution < -0.4 is 11.1 Å². The second kappa shape index (κ2) is 6.16. The quantitative estimate of drug-likeness (QED) is 0.853. The number of piperidine rings is 1. The molecule has 6 nitrogen and oxygen atoms in total. The van der Waals surface area contributed by atoms with Crippen molar-refractivity contribution in [2.24, 2.45) is 5.73 Å². The van der Waals surface area contributed by atoms with Gasteiger partial charge in [0.2, 0.25) is 5.91 Å². The van der Waals surface area contributed by atoms with E-state index in [2.05, 4.69) is 22.3 Å². The number of amides is 1. The fourth-order valence-corrected chi connectivity index (χ4v) is 2.47. The molecule has 0 aliphatic carbocycles. The van der Waals surface area contributed by atoms with Crippen molar-refractivity contribution in [3.8, 4) is 0 Å². The second-order valence-corrected chi connectivity index (χ2v) is 5.29. The van der Waals surface area contributed by atoms with Crippen molar-refractivity contribution in [1.29, 1.82) is 0 Å². The Labute approximate surface area is 113 Å². The van der Waals surface area contributed by atoms with E-state index in [-0.39, 0.29) is 5.91 Å². The zero-order chi connectivity index (χ0) is 13.8. The predicted molar refractivity (Wildman–Crippen MR) is 72.7 cm³/mol. The van der Waals surface area contributed by atoms with Crippen LogP contribution in [0.2, 0.25) is 0 Å². The third kappa shape index (κ3) is 4.04. The summed E-state index contributed by atoms with van der Waals surface area (Å²) in [6, 6.07) is 2.46. The minimum absolute atomic E-state index is 0.0321. The summed E-state index contributed by atoms with van der Waals surface area (Å²) in [6.07, 6.45) is 2.48. The summed E-state index contributed by atoms with van der Waals surface area (Å²) in [5.74, 6) is 1.14. The summed E-state index contributed by atoms with van der Waals surface area (Å²) in [5, 5.41) is 6.47. The average Bonchev–Trinajstić information content (AvgIpc) is 2.73. The Hall–Kier alpha value is -1.40. The number of nitrogens with zero attached hydrogens (tertiary/aromatic N) is 2. The summed E-state index contributed by atoms with van der Waals surface area (Å²) in [4.78, 5) is 14.1. The molecule has 1 aromatic heterocycles. The molecule has 2 unspecified atom stereocenters. The van der Waals surface area contributed by atoms with Crippen molar-refractivity contribution in [3.63, 3.8) is 0 Å². The van der Waals surface area contributed by atoms with E-state index in [1.165, 1.54) is 0 Å². The molecule has 0 aromatic carbocycles. The van der Waals surface area contributed by atoms with Crippen LogP contribution in [0.3, 0.4) is 0 Å². The standard InChI is InChI=1S/C13H22N4O2/c1-9-7-11(14)3-5-17(9)6-4-13(18)15-12-8-10(2)19-16-12/h8-9,11H,3-7,14H2,1-2H3,(H,15,16,18). The minimum atomic E-state index is -0.0321. The van der Waals surface area contributed by atoms with Crippen LogP contribution in [0.25, 0.3) is 0 Å². The first-order valence-corrected chi connectivity index (χ1v) is 6.77. The van der Waals surface area contributed by atoms with Crippen LogP contribution in [0.15, 0.2) is 10.6 Å². The molecule has 1 aliphatic heterocycles. The Bertz CT molecular complexity index is 432. The monoisotopic (exact) mass is 266 g/mol. The topological polar surface area (TPSA) is 84.4 Å². The lowest BCUT2D eigenvalue weighted by atomic mass is 9.99. The van der Waals surface area contributed by atoms with Crippen LogP contribution in [-0.4, -0.2) is 41.1 Å². The third-order valence-corrected chi connectivity index (χ3v) is 3.58. The van der Waals surface area contributed by atoms with Gasteiger partial charge in [0.1, 0.15) is 5.76 Å². The van der Waals surface area contributed by atoms with Crippen LogP contribution in [-0.2, 0) is 4.79 Å². The number of aromatic nitrogens is 1. The smallest absolute Gasteiger partial charge is 0.226 e. The number of hydrogen-bond acceptors (Lipinski definition) is 5. The first kappa shape index (κ1) is 14.0. The maximum atomic E-state index is 11.8. The van der Waals surface area contributed by atoms with Crippen molar-refractivity contribution < 1.29 is 9.32 Å². The lowest BCUT2D eigenvalue weighted by Gasteiger charge is -2.36. The van der Waals surface area contributed by atoms with Gasteiger partial charge >= 0.3 is 0 Å². The van der Waals surface area contributed by atoms with Crippen LogP contribution in [0.5, 0.6) is 0 Å². The molecule has 0 spiro atoms. The van der Waals surface area contributed by atoms with E-state index in [0.29, 0.717) is 30.1 Å². The number of anilines is 1. The van der Waals surface area contributed by atoms with Gasteiger partial charge in [0, 0.05) is 31.1 Å². The van der Waals surface area contributed by atoms with Crippen molar-refractivity contribution in [3.05, 3.63) is 11.8 Å². The maximum absolute atomic E-state index is 11.8. The molecule has 1 aliphatic rings.